The van der Waals surface area contributed by atoms with E-state index >= 15 is 0 Å². The molecule has 0 aliphatic carbocycles. The summed E-state index contributed by atoms with van der Waals surface area (Å²) in [6.45, 7) is 2.08. The predicted molar refractivity (Wildman–Crippen MR) is 39.4 cm³/mol. The standard InChI is InChI=1S/C5H9N3S/c1-2-9-5-3-4(6)7-8-5/h3H,2H2,1H3,(H3,6,7,8). The van der Waals surface area contributed by atoms with Crippen molar-refractivity contribution in [3.8, 4) is 0 Å². The van der Waals surface area contributed by atoms with Gasteiger partial charge >= 0.3 is 0 Å². The van der Waals surface area contributed by atoms with Gasteiger partial charge in [-0.25, -0.2) is 0 Å². The summed E-state index contributed by atoms with van der Waals surface area (Å²) in [5.74, 6) is 1.66. The highest BCUT2D eigenvalue weighted by Gasteiger charge is 1.94. The minimum absolute atomic E-state index is 0.631. The summed E-state index contributed by atoms with van der Waals surface area (Å²) < 4.78 is 0. The molecule has 0 unspecified atom stereocenters. The number of nitrogen functional groups attached to an aromatic ring is 1. The Morgan fingerprint density at radius 1 is 1.89 bits per heavy atom. The Kier molecular flexibility index (Phi) is 2.00. The largest absolute Gasteiger partial charge is 0.384 e. The first-order valence-electron chi connectivity index (χ1n) is 2.76. The van der Waals surface area contributed by atoms with E-state index in [0.29, 0.717) is 5.82 Å². The number of aromatic amines is 1. The van der Waals surface area contributed by atoms with Gasteiger partial charge in [-0.05, 0) is 5.75 Å². The van der Waals surface area contributed by atoms with Crippen molar-refractivity contribution in [2.45, 2.75) is 11.9 Å². The Hall–Kier alpha value is -0.640. The third kappa shape index (κ3) is 1.64. The molecule has 0 spiro atoms. The molecule has 0 amide bonds. The number of nitrogens with one attached hydrogen (secondary N) is 1. The molecule has 1 aromatic heterocycles. The molecule has 50 valence electrons. The van der Waals surface area contributed by atoms with Crippen molar-refractivity contribution in [1.82, 2.24) is 10.2 Å². The maximum atomic E-state index is 5.38. The molecule has 0 aliphatic rings. The van der Waals surface area contributed by atoms with Crippen LogP contribution in [0.5, 0.6) is 0 Å². The van der Waals surface area contributed by atoms with Gasteiger partial charge in [0.25, 0.3) is 0 Å². The molecule has 1 rings (SSSR count). The molecule has 1 aromatic rings. The second-order valence-electron chi connectivity index (χ2n) is 1.59. The fourth-order valence-electron chi connectivity index (χ4n) is 0.539. The molecule has 9 heavy (non-hydrogen) atoms. The smallest absolute Gasteiger partial charge is 0.120 e. The number of anilines is 1. The van der Waals surface area contributed by atoms with Crippen LogP contribution in [0.2, 0.25) is 0 Å². The Balaban J connectivity index is 2.61. The van der Waals surface area contributed by atoms with Crippen molar-refractivity contribution in [2.24, 2.45) is 0 Å². The van der Waals surface area contributed by atoms with Gasteiger partial charge in [-0.2, -0.15) is 5.10 Å². The Bertz CT molecular complexity index is 184. The topological polar surface area (TPSA) is 54.7 Å². The van der Waals surface area contributed by atoms with Crippen LogP contribution in [0.25, 0.3) is 0 Å². The van der Waals surface area contributed by atoms with Crippen molar-refractivity contribution in [1.29, 1.82) is 0 Å². The predicted octanol–water partition coefficient (Wildman–Crippen LogP) is 1.10. The molecule has 1 heterocycles. The minimum atomic E-state index is 0.631. The Labute approximate surface area is 58.0 Å². The first-order chi connectivity index (χ1) is 4.33. The molecule has 0 aromatic carbocycles. The first kappa shape index (κ1) is 6.48. The molecule has 0 bridgehead atoms. The van der Waals surface area contributed by atoms with E-state index in [0.717, 1.165) is 10.8 Å². The molecule has 0 atom stereocenters. The number of rotatable bonds is 2. The van der Waals surface area contributed by atoms with E-state index < -0.39 is 0 Å². The van der Waals surface area contributed by atoms with Crippen LogP contribution in [0.4, 0.5) is 5.82 Å². The van der Waals surface area contributed by atoms with Crippen LogP contribution in [0, 0.1) is 0 Å². The summed E-state index contributed by atoms with van der Waals surface area (Å²) in [6, 6.07) is 1.83. The lowest BCUT2D eigenvalue weighted by atomic mass is 10.7. The van der Waals surface area contributed by atoms with Crippen LogP contribution in [-0.4, -0.2) is 16.0 Å². The molecular weight excluding hydrogens is 134 g/mol. The molecule has 0 aliphatic heterocycles. The third-order valence-corrected chi connectivity index (χ3v) is 1.66. The Morgan fingerprint density at radius 2 is 2.67 bits per heavy atom. The number of aromatic nitrogens is 2. The first-order valence-corrected chi connectivity index (χ1v) is 3.75. The van der Waals surface area contributed by atoms with Crippen molar-refractivity contribution in [3.05, 3.63) is 6.07 Å². The van der Waals surface area contributed by atoms with Gasteiger partial charge in [0.2, 0.25) is 0 Å². The molecule has 0 radical (unpaired) electrons. The molecule has 0 saturated carbocycles. The summed E-state index contributed by atoms with van der Waals surface area (Å²) in [6.07, 6.45) is 0. The maximum Gasteiger partial charge on any atom is 0.120 e. The highest BCUT2D eigenvalue weighted by atomic mass is 32.2. The van der Waals surface area contributed by atoms with Crippen LogP contribution < -0.4 is 5.73 Å². The highest BCUT2D eigenvalue weighted by molar-refractivity contribution is 7.99. The van der Waals surface area contributed by atoms with Crippen molar-refractivity contribution in [3.63, 3.8) is 0 Å². The molecule has 3 nitrogen and oxygen atoms in total. The average Bonchev–Trinajstić information content (AvgIpc) is 2.17. The van der Waals surface area contributed by atoms with Crippen molar-refractivity contribution < 1.29 is 0 Å². The molecule has 4 heteroatoms. The van der Waals surface area contributed by atoms with Crippen LogP contribution >= 0.6 is 11.8 Å². The summed E-state index contributed by atoms with van der Waals surface area (Å²) in [5, 5.41) is 7.55. The number of nitrogens with zero attached hydrogens (tertiary/aromatic N) is 1. The lowest BCUT2D eigenvalue weighted by molar-refractivity contribution is 1.01. The van der Waals surface area contributed by atoms with Gasteiger partial charge in [-0.1, -0.05) is 6.92 Å². The van der Waals surface area contributed by atoms with E-state index in [1.54, 1.807) is 11.8 Å². The molecular formula is C5H9N3S. The van der Waals surface area contributed by atoms with Crippen LogP contribution in [0.1, 0.15) is 6.92 Å². The van der Waals surface area contributed by atoms with Gasteiger partial charge in [0.15, 0.2) is 0 Å². The summed E-state index contributed by atoms with van der Waals surface area (Å²) in [5.41, 5.74) is 5.38. The van der Waals surface area contributed by atoms with E-state index in [-0.39, 0.29) is 0 Å². The van der Waals surface area contributed by atoms with Gasteiger partial charge in [-0.3, -0.25) is 5.10 Å². The number of H-pyrrole nitrogens is 1. The lowest BCUT2D eigenvalue weighted by Gasteiger charge is -1.84. The second kappa shape index (κ2) is 2.77. The fraction of sp³-hybridized carbons (Fsp3) is 0.400. The van der Waals surface area contributed by atoms with Gasteiger partial charge in [0.1, 0.15) is 10.8 Å². The van der Waals surface area contributed by atoms with E-state index in [1.807, 2.05) is 6.07 Å². The normalized spacial score (nSPS) is 9.89. The zero-order chi connectivity index (χ0) is 6.69. The maximum absolute atomic E-state index is 5.38. The lowest BCUT2D eigenvalue weighted by Crippen LogP contribution is -1.81. The number of hydrogen-bond donors (Lipinski definition) is 2. The van der Waals surface area contributed by atoms with E-state index in [1.165, 1.54) is 0 Å². The van der Waals surface area contributed by atoms with Gasteiger partial charge in [0, 0.05) is 6.07 Å². The van der Waals surface area contributed by atoms with Crippen molar-refractivity contribution >= 4 is 17.6 Å². The SMILES string of the molecule is CCSc1cc(N)[nH]n1. The van der Waals surface area contributed by atoms with Crippen LogP contribution in [-0.2, 0) is 0 Å². The van der Waals surface area contributed by atoms with E-state index in [9.17, 15) is 0 Å². The molecule has 3 N–H and O–H groups in total. The van der Waals surface area contributed by atoms with Gasteiger partial charge in [0.05, 0.1) is 0 Å². The van der Waals surface area contributed by atoms with E-state index in [2.05, 4.69) is 17.1 Å². The monoisotopic (exact) mass is 143 g/mol. The summed E-state index contributed by atoms with van der Waals surface area (Å²) in [4.78, 5) is 0. The van der Waals surface area contributed by atoms with Crippen molar-refractivity contribution in [2.75, 3.05) is 11.5 Å². The highest BCUT2D eigenvalue weighted by Crippen LogP contribution is 2.15. The minimum Gasteiger partial charge on any atom is -0.384 e. The van der Waals surface area contributed by atoms with Crippen LogP contribution in [0.3, 0.4) is 0 Å². The van der Waals surface area contributed by atoms with Crippen LogP contribution in [0.15, 0.2) is 11.1 Å². The van der Waals surface area contributed by atoms with E-state index in [4.69, 9.17) is 5.73 Å². The number of nitrogens with two attached hydrogens (primary N) is 1. The zero-order valence-electron chi connectivity index (χ0n) is 5.22. The summed E-state index contributed by atoms with van der Waals surface area (Å²) in [7, 11) is 0. The summed E-state index contributed by atoms with van der Waals surface area (Å²) >= 11 is 1.67. The second-order valence-corrected chi connectivity index (χ2v) is 2.88. The zero-order valence-corrected chi connectivity index (χ0v) is 6.03. The average molecular weight is 143 g/mol. The number of hydrogen-bond acceptors (Lipinski definition) is 3. The fourth-order valence-corrected chi connectivity index (χ4v) is 1.16. The quantitative estimate of drug-likeness (QED) is 0.609. The van der Waals surface area contributed by atoms with Gasteiger partial charge in [-0.15, -0.1) is 11.8 Å². The molecule has 0 fully saturated rings. The molecule has 0 saturated heterocycles. The number of thioether (sulfide) groups is 1. The third-order valence-electron chi connectivity index (χ3n) is 0.866. The Morgan fingerprint density at radius 3 is 3.11 bits per heavy atom. The van der Waals surface area contributed by atoms with Gasteiger partial charge < -0.3 is 5.73 Å².